The van der Waals surface area contributed by atoms with Crippen LogP contribution < -0.4 is 5.43 Å². The van der Waals surface area contributed by atoms with E-state index in [1.54, 1.807) is 11.3 Å². The summed E-state index contributed by atoms with van der Waals surface area (Å²) >= 11 is 1.61. The van der Waals surface area contributed by atoms with Crippen LogP contribution in [0.15, 0.2) is 46.9 Å². The Bertz CT molecular complexity index is 831. The van der Waals surface area contributed by atoms with Crippen molar-refractivity contribution >= 4 is 33.9 Å². The van der Waals surface area contributed by atoms with E-state index in [-0.39, 0.29) is 5.91 Å². The maximum absolute atomic E-state index is 12.2. The summed E-state index contributed by atoms with van der Waals surface area (Å²) < 4.78 is 0. The largest absolute Gasteiger partial charge is 0.358 e. The molecular weight excluding hydrogens is 294 g/mol. The molecule has 1 aromatic carbocycles. The Hall–Kier alpha value is -2.40. The summed E-state index contributed by atoms with van der Waals surface area (Å²) in [5.41, 5.74) is 6.57. The van der Waals surface area contributed by atoms with E-state index in [0.29, 0.717) is 6.42 Å². The van der Waals surface area contributed by atoms with Crippen molar-refractivity contribution in [3.8, 4) is 0 Å². The van der Waals surface area contributed by atoms with Gasteiger partial charge in [-0.25, -0.2) is 5.43 Å². The van der Waals surface area contributed by atoms with Gasteiger partial charge in [-0.2, -0.15) is 5.10 Å². The van der Waals surface area contributed by atoms with Crippen LogP contribution >= 0.6 is 11.3 Å². The van der Waals surface area contributed by atoms with Gasteiger partial charge in [0.05, 0.1) is 12.1 Å². The summed E-state index contributed by atoms with van der Waals surface area (Å²) in [6.07, 6.45) is 0.317. The fourth-order valence-corrected chi connectivity index (χ4v) is 3.13. The molecule has 0 saturated carbocycles. The minimum atomic E-state index is -0.108. The van der Waals surface area contributed by atoms with E-state index in [2.05, 4.69) is 15.5 Å². The average molecular weight is 311 g/mol. The van der Waals surface area contributed by atoms with Gasteiger partial charge >= 0.3 is 0 Å². The number of benzene rings is 1. The molecule has 4 nitrogen and oxygen atoms in total. The number of H-pyrrole nitrogens is 1. The van der Waals surface area contributed by atoms with Gasteiger partial charge in [0, 0.05) is 21.5 Å². The number of nitrogens with one attached hydrogen (secondary N) is 2. The highest BCUT2D eigenvalue weighted by molar-refractivity contribution is 7.12. The first-order valence-electron chi connectivity index (χ1n) is 7.08. The maximum Gasteiger partial charge on any atom is 0.244 e. The fourth-order valence-electron chi connectivity index (χ4n) is 2.45. The summed E-state index contributed by atoms with van der Waals surface area (Å²) in [6, 6.07) is 12.0. The molecule has 0 aliphatic rings. The van der Waals surface area contributed by atoms with Gasteiger partial charge in [-0.1, -0.05) is 24.3 Å². The van der Waals surface area contributed by atoms with Gasteiger partial charge in [-0.15, -0.1) is 11.3 Å². The first-order chi connectivity index (χ1) is 10.6. The standard InChI is InChI=1S/C17H17N3OS/c1-11-14(13-6-3-4-7-15(13)18-11)10-17(21)20-19-12(2)16-8-5-9-22-16/h3-9,18H,10H2,1-2H3,(H,20,21)/b19-12-. The molecule has 0 atom stereocenters. The quantitative estimate of drug-likeness (QED) is 0.561. The molecule has 0 bridgehead atoms. The SMILES string of the molecule is C/C(=N/NC(=O)Cc1c(C)[nH]c2ccccc12)c1cccs1. The van der Waals surface area contributed by atoms with Crippen LogP contribution in [0, 0.1) is 6.92 Å². The van der Waals surface area contributed by atoms with E-state index in [0.717, 1.165) is 32.7 Å². The normalized spacial score (nSPS) is 11.8. The van der Waals surface area contributed by atoms with Crippen molar-refractivity contribution < 1.29 is 4.79 Å². The van der Waals surface area contributed by atoms with Crippen molar-refractivity contribution in [1.82, 2.24) is 10.4 Å². The summed E-state index contributed by atoms with van der Waals surface area (Å²) in [5.74, 6) is -0.108. The number of aromatic nitrogens is 1. The smallest absolute Gasteiger partial charge is 0.244 e. The molecule has 112 valence electrons. The van der Waals surface area contributed by atoms with Gasteiger partial charge < -0.3 is 4.98 Å². The number of rotatable bonds is 4. The highest BCUT2D eigenvalue weighted by Gasteiger charge is 2.12. The molecule has 3 aromatic rings. The number of aromatic amines is 1. The minimum Gasteiger partial charge on any atom is -0.358 e. The van der Waals surface area contributed by atoms with Crippen molar-refractivity contribution in [3.05, 3.63) is 57.9 Å². The van der Waals surface area contributed by atoms with Crippen molar-refractivity contribution in [2.75, 3.05) is 0 Å². The predicted octanol–water partition coefficient (Wildman–Crippen LogP) is 3.62. The number of fused-ring (bicyclic) bond motifs is 1. The average Bonchev–Trinajstić information content (AvgIpc) is 3.14. The van der Waals surface area contributed by atoms with Crippen molar-refractivity contribution in [2.45, 2.75) is 20.3 Å². The van der Waals surface area contributed by atoms with E-state index < -0.39 is 0 Å². The summed E-state index contributed by atoms with van der Waals surface area (Å²) in [4.78, 5) is 16.5. The Morgan fingerprint density at radius 2 is 2.09 bits per heavy atom. The number of aryl methyl sites for hydroxylation is 1. The predicted molar refractivity (Wildman–Crippen MR) is 91.4 cm³/mol. The molecular formula is C17H17N3OS. The zero-order valence-corrected chi connectivity index (χ0v) is 13.3. The zero-order chi connectivity index (χ0) is 15.5. The first-order valence-corrected chi connectivity index (χ1v) is 7.96. The maximum atomic E-state index is 12.2. The number of carbonyl (C=O) groups excluding carboxylic acids is 1. The van der Waals surface area contributed by atoms with E-state index in [4.69, 9.17) is 0 Å². The number of hydrogen-bond acceptors (Lipinski definition) is 3. The number of para-hydroxylation sites is 1. The van der Waals surface area contributed by atoms with Crippen LogP contribution in [0.1, 0.15) is 23.1 Å². The van der Waals surface area contributed by atoms with E-state index in [1.807, 2.05) is 55.6 Å². The van der Waals surface area contributed by atoms with Gasteiger partial charge in [0.15, 0.2) is 0 Å². The van der Waals surface area contributed by atoms with Gasteiger partial charge in [0.1, 0.15) is 0 Å². The number of hydrogen-bond donors (Lipinski definition) is 2. The van der Waals surface area contributed by atoms with Crippen LogP contribution in [-0.2, 0) is 11.2 Å². The number of hydrazone groups is 1. The second-order valence-corrected chi connectivity index (χ2v) is 6.11. The van der Waals surface area contributed by atoms with E-state index >= 15 is 0 Å². The fraction of sp³-hybridized carbons (Fsp3) is 0.176. The molecule has 0 saturated heterocycles. The molecule has 2 heterocycles. The van der Waals surface area contributed by atoms with E-state index in [1.165, 1.54) is 0 Å². The van der Waals surface area contributed by atoms with Gasteiger partial charge in [-0.05, 0) is 36.9 Å². The van der Waals surface area contributed by atoms with Crippen LogP contribution in [0.3, 0.4) is 0 Å². The van der Waals surface area contributed by atoms with Crippen molar-refractivity contribution in [1.29, 1.82) is 0 Å². The number of nitrogens with zero attached hydrogens (tertiary/aromatic N) is 1. The lowest BCUT2D eigenvalue weighted by Crippen LogP contribution is -2.21. The Morgan fingerprint density at radius 1 is 1.27 bits per heavy atom. The molecule has 0 unspecified atom stereocenters. The van der Waals surface area contributed by atoms with E-state index in [9.17, 15) is 4.79 Å². The van der Waals surface area contributed by atoms with Crippen LogP contribution in [0.5, 0.6) is 0 Å². The molecule has 5 heteroatoms. The van der Waals surface area contributed by atoms with Crippen LogP contribution in [0.25, 0.3) is 10.9 Å². The number of carbonyl (C=O) groups is 1. The second-order valence-electron chi connectivity index (χ2n) is 5.16. The van der Waals surface area contributed by atoms with Crippen LogP contribution in [0.2, 0.25) is 0 Å². The third-order valence-corrected chi connectivity index (χ3v) is 4.57. The lowest BCUT2D eigenvalue weighted by molar-refractivity contribution is -0.120. The lowest BCUT2D eigenvalue weighted by Gasteiger charge is -2.02. The van der Waals surface area contributed by atoms with Crippen LogP contribution in [0.4, 0.5) is 0 Å². The third kappa shape index (κ3) is 2.94. The molecule has 0 radical (unpaired) electrons. The van der Waals surface area contributed by atoms with Crippen molar-refractivity contribution in [3.63, 3.8) is 0 Å². The Labute approximate surface area is 132 Å². The van der Waals surface area contributed by atoms with Crippen molar-refractivity contribution in [2.24, 2.45) is 5.10 Å². The summed E-state index contributed by atoms with van der Waals surface area (Å²) in [6.45, 7) is 3.88. The molecule has 0 fully saturated rings. The minimum absolute atomic E-state index is 0.108. The molecule has 1 amide bonds. The van der Waals surface area contributed by atoms with Crippen LogP contribution in [-0.4, -0.2) is 16.6 Å². The van der Waals surface area contributed by atoms with Gasteiger partial charge in [-0.3, -0.25) is 4.79 Å². The molecule has 22 heavy (non-hydrogen) atoms. The molecule has 2 aromatic heterocycles. The van der Waals surface area contributed by atoms with Gasteiger partial charge in [0.25, 0.3) is 0 Å². The highest BCUT2D eigenvalue weighted by atomic mass is 32.1. The highest BCUT2D eigenvalue weighted by Crippen LogP contribution is 2.22. The Balaban J connectivity index is 1.74. The lowest BCUT2D eigenvalue weighted by atomic mass is 10.1. The topological polar surface area (TPSA) is 57.2 Å². The Kier molecular flexibility index (Phi) is 4.06. The molecule has 3 rings (SSSR count). The third-order valence-electron chi connectivity index (χ3n) is 3.59. The second kappa shape index (κ2) is 6.15. The molecule has 0 spiro atoms. The zero-order valence-electron chi connectivity index (χ0n) is 12.5. The Morgan fingerprint density at radius 3 is 2.86 bits per heavy atom. The first kappa shape index (κ1) is 14.5. The molecule has 0 aliphatic carbocycles. The number of thiophene rings is 1. The summed E-state index contributed by atoms with van der Waals surface area (Å²) in [5, 5.41) is 7.26. The monoisotopic (exact) mass is 311 g/mol. The molecule has 2 N–H and O–H groups in total. The molecule has 0 aliphatic heterocycles. The number of amides is 1. The van der Waals surface area contributed by atoms with Gasteiger partial charge in [0.2, 0.25) is 5.91 Å². The summed E-state index contributed by atoms with van der Waals surface area (Å²) in [7, 11) is 0.